The van der Waals surface area contributed by atoms with E-state index in [2.05, 4.69) is 12.1 Å². The smallest absolute Gasteiger partial charge is 0.208 e. The highest BCUT2D eigenvalue weighted by Gasteiger charge is 2.36. The van der Waals surface area contributed by atoms with Crippen molar-refractivity contribution < 1.29 is 9.59 Å². The maximum absolute atomic E-state index is 13.2. The number of benzene rings is 1. The third-order valence-corrected chi connectivity index (χ3v) is 7.55. The van der Waals surface area contributed by atoms with Gasteiger partial charge in [0.15, 0.2) is 5.78 Å². The van der Waals surface area contributed by atoms with Crippen molar-refractivity contribution in [2.75, 3.05) is 0 Å². The van der Waals surface area contributed by atoms with Gasteiger partial charge in [-0.25, -0.2) is 0 Å². The van der Waals surface area contributed by atoms with Gasteiger partial charge in [0.05, 0.1) is 19.9 Å². The van der Waals surface area contributed by atoms with E-state index in [-0.39, 0.29) is 22.7 Å². The Morgan fingerprint density at radius 2 is 1.54 bits per heavy atom. The van der Waals surface area contributed by atoms with Crippen LogP contribution in [0.1, 0.15) is 37.2 Å². The largest absolute Gasteiger partial charge is 0.292 e. The van der Waals surface area contributed by atoms with Gasteiger partial charge in [-0.2, -0.15) is 0 Å². The summed E-state index contributed by atoms with van der Waals surface area (Å²) in [6, 6.07) is 17.6. The first-order chi connectivity index (χ1) is 12.7. The standard InChI is InChI=1S/C21H16O2S3/c22-19(16-8-4-12-24-16)18-11-10-15(14-6-2-1-3-7-14)21(26-18)20(23)17-9-5-13-25-17/h1-9,11-13,15,21H,10H2/t15-,21+/m0/s1. The van der Waals surface area contributed by atoms with Gasteiger partial charge in [-0.1, -0.05) is 48.5 Å². The zero-order valence-corrected chi connectivity index (χ0v) is 16.3. The molecule has 4 rings (SSSR count). The molecule has 0 saturated carbocycles. The molecule has 0 radical (unpaired) electrons. The van der Waals surface area contributed by atoms with Crippen molar-refractivity contribution in [2.45, 2.75) is 17.6 Å². The number of hydrogen-bond acceptors (Lipinski definition) is 5. The van der Waals surface area contributed by atoms with E-state index >= 15 is 0 Å². The van der Waals surface area contributed by atoms with Crippen molar-refractivity contribution in [3.05, 3.63) is 91.7 Å². The third-order valence-electron chi connectivity index (χ3n) is 4.40. The van der Waals surface area contributed by atoms with Crippen LogP contribution in [0.3, 0.4) is 0 Å². The van der Waals surface area contributed by atoms with Crippen LogP contribution in [0.5, 0.6) is 0 Å². The van der Waals surface area contributed by atoms with Crippen molar-refractivity contribution in [3.8, 4) is 0 Å². The van der Waals surface area contributed by atoms with Crippen LogP contribution in [0, 0.1) is 0 Å². The van der Waals surface area contributed by atoms with Crippen LogP contribution in [0.2, 0.25) is 0 Å². The Labute approximate surface area is 164 Å². The zero-order valence-electron chi connectivity index (χ0n) is 13.8. The minimum Gasteiger partial charge on any atom is -0.292 e. The molecule has 1 aliphatic rings. The summed E-state index contributed by atoms with van der Waals surface area (Å²) in [5.74, 6) is 0.222. The van der Waals surface area contributed by atoms with Gasteiger partial charge >= 0.3 is 0 Å². The number of carbonyl (C=O) groups excluding carboxylic acids is 2. The monoisotopic (exact) mass is 396 g/mol. The molecule has 130 valence electrons. The average Bonchev–Trinajstić information content (AvgIpc) is 3.41. The third kappa shape index (κ3) is 3.47. The number of Topliss-reactive ketones (excluding diaryl/α,β-unsaturated/α-hetero) is 2. The molecule has 0 aliphatic carbocycles. The fraction of sp³-hybridized carbons (Fsp3) is 0.143. The van der Waals surface area contributed by atoms with Crippen LogP contribution in [-0.2, 0) is 0 Å². The molecule has 0 amide bonds. The molecule has 2 aromatic heterocycles. The predicted molar refractivity (Wildman–Crippen MR) is 111 cm³/mol. The topological polar surface area (TPSA) is 34.1 Å². The number of thioether (sulfide) groups is 1. The van der Waals surface area contributed by atoms with Gasteiger partial charge < -0.3 is 0 Å². The van der Waals surface area contributed by atoms with E-state index in [1.807, 2.05) is 59.3 Å². The van der Waals surface area contributed by atoms with Crippen molar-refractivity contribution in [2.24, 2.45) is 0 Å². The number of allylic oxidation sites excluding steroid dienone is 2. The number of ketones is 2. The van der Waals surface area contributed by atoms with Crippen LogP contribution >= 0.6 is 34.4 Å². The Kier molecular flexibility index (Phi) is 5.20. The fourth-order valence-corrected chi connectivity index (χ4v) is 5.98. The summed E-state index contributed by atoms with van der Waals surface area (Å²) in [7, 11) is 0. The van der Waals surface area contributed by atoms with Gasteiger partial charge in [0.2, 0.25) is 5.78 Å². The summed E-state index contributed by atoms with van der Waals surface area (Å²) in [4.78, 5) is 28.1. The molecule has 0 spiro atoms. The molecule has 3 aromatic rings. The van der Waals surface area contributed by atoms with Crippen molar-refractivity contribution in [1.29, 1.82) is 0 Å². The summed E-state index contributed by atoms with van der Waals surface area (Å²) in [5, 5.41) is 3.55. The second-order valence-corrected chi connectivity index (χ2v) is 9.09. The Morgan fingerprint density at radius 3 is 2.19 bits per heavy atom. The van der Waals surface area contributed by atoms with Crippen LogP contribution in [0.15, 0.2) is 76.3 Å². The Balaban J connectivity index is 1.68. The second-order valence-electron chi connectivity index (χ2n) is 6.01. The first kappa shape index (κ1) is 17.5. The van der Waals surface area contributed by atoms with Gasteiger partial charge in [0, 0.05) is 5.92 Å². The molecule has 0 saturated heterocycles. The molecule has 0 fully saturated rings. The van der Waals surface area contributed by atoms with Crippen molar-refractivity contribution in [1.82, 2.24) is 0 Å². The number of rotatable bonds is 5. The number of carbonyl (C=O) groups is 2. The lowest BCUT2D eigenvalue weighted by atomic mass is 9.89. The summed E-state index contributed by atoms with van der Waals surface area (Å²) in [5.41, 5.74) is 1.15. The highest BCUT2D eigenvalue weighted by atomic mass is 32.2. The predicted octanol–water partition coefficient (Wildman–Crippen LogP) is 6.05. The Bertz CT molecular complexity index is 925. The summed E-state index contributed by atoms with van der Waals surface area (Å²) in [6.07, 6.45) is 2.70. The normalized spacial score (nSPS) is 19.8. The van der Waals surface area contributed by atoms with E-state index in [1.54, 1.807) is 0 Å². The van der Waals surface area contributed by atoms with Crippen LogP contribution in [-0.4, -0.2) is 16.8 Å². The summed E-state index contributed by atoms with van der Waals surface area (Å²) >= 11 is 4.33. The number of thiophene rings is 2. The highest BCUT2D eigenvalue weighted by Crippen LogP contribution is 2.43. The molecular weight excluding hydrogens is 380 g/mol. The molecule has 0 bridgehead atoms. The van der Waals surface area contributed by atoms with Gasteiger partial charge in [0.25, 0.3) is 0 Å². The first-order valence-corrected chi connectivity index (χ1v) is 11.0. The zero-order chi connectivity index (χ0) is 17.9. The highest BCUT2D eigenvalue weighted by molar-refractivity contribution is 8.05. The molecule has 5 heteroatoms. The lowest BCUT2D eigenvalue weighted by Crippen LogP contribution is -2.28. The minimum absolute atomic E-state index is 0.0282. The lowest BCUT2D eigenvalue weighted by Gasteiger charge is -2.29. The molecule has 0 unspecified atom stereocenters. The van der Waals surface area contributed by atoms with Crippen molar-refractivity contribution >= 4 is 46.0 Å². The van der Waals surface area contributed by atoms with Crippen LogP contribution in [0.4, 0.5) is 0 Å². The van der Waals surface area contributed by atoms with E-state index < -0.39 is 0 Å². The molecule has 1 aromatic carbocycles. The first-order valence-electron chi connectivity index (χ1n) is 8.31. The molecular formula is C21H16O2S3. The molecule has 26 heavy (non-hydrogen) atoms. The summed E-state index contributed by atoms with van der Waals surface area (Å²) in [6.45, 7) is 0. The maximum Gasteiger partial charge on any atom is 0.208 e. The molecule has 1 aliphatic heterocycles. The van der Waals surface area contributed by atoms with Crippen LogP contribution in [0.25, 0.3) is 0 Å². The van der Waals surface area contributed by atoms with Gasteiger partial charge in [-0.05, 0) is 34.9 Å². The fourth-order valence-electron chi connectivity index (χ4n) is 3.11. The Hall–Kier alpha value is -1.95. The maximum atomic E-state index is 13.2. The van der Waals surface area contributed by atoms with Gasteiger partial charge in [0.1, 0.15) is 0 Å². The average molecular weight is 397 g/mol. The van der Waals surface area contributed by atoms with E-state index in [4.69, 9.17) is 0 Å². The summed E-state index contributed by atoms with van der Waals surface area (Å²) < 4.78 is 0. The number of hydrogen-bond donors (Lipinski definition) is 0. The van der Waals surface area contributed by atoms with Gasteiger partial charge in [-0.15, -0.1) is 34.4 Å². The van der Waals surface area contributed by atoms with E-state index in [0.29, 0.717) is 11.3 Å². The van der Waals surface area contributed by atoms with E-state index in [0.717, 1.165) is 15.3 Å². The SMILES string of the molecule is O=C(C1=CC[C@@H](c2ccccc2)[C@H](C(=O)c2cccs2)S1)c1cccs1. The lowest BCUT2D eigenvalue weighted by molar-refractivity contribution is 0.0984. The molecule has 0 N–H and O–H groups in total. The molecule has 2 atom stereocenters. The van der Waals surface area contributed by atoms with Crippen molar-refractivity contribution in [3.63, 3.8) is 0 Å². The van der Waals surface area contributed by atoms with E-state index in [9.17, 15) is 9.59 Å². The molecule has 2 nitrogen and oxygen atoms in total. The van der Waals surface area contributed by atoms with Crippen LogP contribution < -0.4 is 0 Å². The Morgan fingerprint density at radius 1 is 0.846 bits per heavy atom. The van der Waals surface area contributed by atoms with E-state index in [1.165, 1.54) is 34.4 Å². The molecule has 3 heterocycles. The second kappa shape index (κ2) is 7.74. The minimum atomic E-state index is -0.278. The van der Waals surface area contributed by atoms with Gasteiger partial charge in [-0.3, -0.25) is 9.59 Å². The quantitative estimate of drug-likeness (QED) is 0.492.